The van der Waals surface area contributed by atoms with Crippen LogP contribution in [0, 0.1) is 0 Å². The molecule has 0 saturated carbocycles. The number of ether oxygens (including phenoxy) is 2. The normalized spacial score (nSPS) is 22.1. The van der Waals surface area contributed by atoms with Crippen LogP contribution in [0.4, 0.5) is 10.5 Å². The maximum absolute atomic E-state index is 12.4. The molecule has 2 heterocycles. The molecule has 2 fully saturated rings. The predicted molar refractivity (Wildman–Crippen MR) is 147 cm³/mol. The zero-order valence-electron chi connectivity index (χ0n) is 21.7. The van der Waals surface area contributed by atoms with Crippen molar-refractivity contribution in [1.29, 1.82) is 0 Å². The molecule has 2 saturated heterocycles. The van der Waals surface area contributed by atoms with Crippen LogP contribution in [0.15, 0.2) is 78.9 Å². The first kappa shape index (κ1) is 26.4. The Morgan fingerprint density at radius 3 is 2.26 bits per heavy atom. The van der Waals surface area contributed by atoms with Gasteiger partial charge in [0.2, 0.25) is 0 Å². The first-order valence-corrected chi connectivity index (χ1v) is 13.6. The van der Waals surface area contributed by atoms with Gasteiger partial charge in [-0.05, 0) is 54.8 Å². The van der Waals surface area contributed by atoms with Crippen LogP contribution in [-0.4, -0.2) is 41.8 Å². The molecule has 38 heavy (non-hydrogen) atoms. The van der Waals surface area contributed by atoms with Crippen molar-refractivity contribution < 1.29 is 19.4 Å². The number of piperidine rings is 1. The van der Waals surface area contributed by atoms with Gasteiger partial charge < -0.3 is 30.1 Å². The van der Waals surface area contributed by atoms with Crippen molar-refractivity contribution in [2.24, 2.45) is 0 Å². The molecule has 2 aliphatic rings. The summed E-state index contributed by atoms with van der Waals surface area (Å²) in [5.74, 6) is 0. The number of rotatable bonds is 8. The predicted octanol–water partition coefficient (Wildman–Crippen LogP) is 5.53. The van der Waals surface area contributed by atoms with Crippen LogP contribution in [0.25, 0.3) is 0 Å². The standard InChI is InChI=1S/C31H37N3O4/c35-22-24-9-11-25(12-10-24)29-19-28(21-34-17-5-2-6-18-34)37-30(38-29)26-13-15-27(16-14-26)33-31(36)32-20-23-7-3-1-4-8-23/h1,3-4,7-16,28-30,35H,2,5-6,17-22H2,(H2,32,33,36)/t28-,29+,30+/m0/s1. The summed E-state index contributed by atoms with van der Waals surface area (Å²) in [6.07, 6.45) is 4.03. The van der Waals surface area contributed by atoms with Gasteiger partial charge >= 0.3 is 6.03 Å². The van der Waals surface area contributed by atoms with Crippen molar-refractivity contribution in [3.05, 3.63) is 101 Å². The Hall–Kier alpha value is -3.23. The van der Waals surface area contributed by atoms with Gasteiger partial charge in [-0.25, -0.2) is 4.79 Å². The lowest BCUT2D eigenvalue weighted by Crippen LogP contribution is -2.41. The first-order chi connectivity index (χ1) is 18.7. The minimum absolute atomic E-state index is 0.0276. The van der Waals surface area contributed by atoms with Crippen LogP contribution in [0.1, 0.15) is 60.3 Å². The third-order valence-corrected chi connectivity index (χ3v) is 7.26. The maximum Gasteiger partial charge on any atom is 0.319 e. The van der Waals surface area contributed by atoms with Gasteiger partial charge in [-0.1, -0.05) is 73.2 Å². The lowest BCUT2D eigenvalue weighted by Gasteiger charge is -2.39. The van der Waals surface area contributed by atoms with E-state index in [9.17, 15) is 9.90 Å². The molecule has 200 valence electrons. The molecule has 0 aromatic heterocycles. The lowest BCUT2D eigenvalue weighted by molar-refractivity contribution is -0.253. The highest BCUT2D eigenvalue weighted by Crippen LogP contribution is 2.38. The van der Waals surface area contributed by atoms with E-state index in [2.05, 4.69) is 15.5 Å². The number of hydrogen-bond acceptors (Lipinski definition) is 5. The third-order valence-electron chi connectivity index (χ3n) is 7.26. The van der Waals surface area contributed by atoms with E-state index in [0.29, 0.717) is 12.2 Å². The number of aliphatic hydroxyl groups is 1. The molecule has 0 spiro atoms. The minimum Gasteiger partial charge on any atom is -0.392 e. The zero-order chi connectivity index (χ0) is 26.2. The quantitative estimate of drug-likeness (QED) is 0.367. The molecule has 0 bridgehead atoms. The van der Waals surface area contributed by atoms with Gasteiger partial charge in [-0.15, -0.1) is 0 Å². The summed E-state index contributed by atoms with van der Waals surface area (Å²) in [5, 5.41) is 15.2. The smallest absolute Gasteiger partial charge is 0.319 e. The van der Waals surface area contributed by atoms with E-state index in [1.807, 2.05) is 78.9 Å². The van der Waals surface area contributed by atoms with Gasteiger partial charge in [-0.3, -0.25) is 0 Å². The number of benzene rings is 3. The summed E-state index contributed by atoms with van der Waals surface area (Å²) in [4.78, 5) is 14.9. The van der Waals surface area contributed by atoms with Crippen LogP contribution in [0.2, 0.25) is 0 Å². The number of likely N-dealkylation sites (tertiary alicyclic amines) is 1. The molecule has 0 aliphatic carbocycles. The molecule has 7 nitrogen and oxygen atoms in total. The average Bonchev–Trinajstić information content (AvgIpc) is 2.97. The van der Waals surface area contributed by atoms with Gasteiger partial charge in [0.15, 0.2) is 6.29 Å². The van der Waals surface area contributed by atoms with Crippen molar-refractivity contribution in [3.63, 3.8) is 0 Å². The van der Waals surface area contributed by atoms with Crippen LogP contribution >= 0.6 is 0 Å². The van der Waals surface area contributed by atoms with Gasteiger partial charge in [-0.2, -0.15) is 0 Å². The number of nitrogens with one attached hydrogen (secondary N) is 2. The van der Waals surface area contributed by atoms with Gasteiger partial charge in [0.25, 0.3) is 0 Å². The van der Waals surface area contributed by atoms with Crippen molar-refractivity contribution in [3.8, 4) is 0 Å². The summed E-state index contributed by atoms with van der Waals surface area (Å²) in [6, 6.07) is 25.2. The molecule has 7 heteroatoms. The van der Waals surface area contributed by atoms with E-state index < -0.39 is 6.29 Å². The average molecular weight is 516 g/mol. The molecule has 2 amide bonds. The molecule has 3 atom stereocenters. The Labute approximate surface area is 224 Å². The molecular formula is C31H37N3O4. The second-order valence-electron chi connectivity index (χ2n) is 10.1. The highest BCUT2D eigenvalue weighted by molar-refractivity contribution is 5.89. The number of urea groups is 1. The van der Waals surface area contributed by atoms with Gasteiger partial charge in [0.1, 0.15) is 0 Å². The van der Waals surface area contributed by atoms with E-state index >= 15 is 0 Å². The Kier molecular flexibility index (Phi) is 9.04. The van der Waals surface area contributed by atoms with Crippen LogP contribution < -0.4 is 10.6 Å². The first-order valence-electron chi connectivity index (χ1n) is 13.6. The summed E-state index contributed by atoms with van der Waals surface area (Å²) < 4.78 is 12.9. The summed E-state index contributed by atoms with van der Waals surface area (Å²) in [6.45, 7) is 3.63. The fourth-order valence-electron chi connectivity index (χ4n) is 5.14. The molecule has 3 aromatic carbocycles. The molecule has 0 unspecified atom stereocenters. The Morgan fingerprint density at radius 1 is 0.842 bits per heavy atom. The number of carbonyl (C=O) groups excluding carboxylic acids is 1. The molecule has 0 radical (unpaired) electrons. The third kappa shape index (κ3) is 7.20. The Bertz CT molecular complexity index is 1150. The fourth-order valence-corrected chi connectivity index (χ4v) is 5.14. The molecule has 3 aromatic rings. The Morgan fingerprint density at radius 2 is 1.55 bits per heavy atom. The minimum atomic E-state index is -0.498. The van der Waals surface area contributed by atoms with Crippen LogP contribution in [0.3, 0.4) is 0 Å². The highest BCUT2D eigenvalue weighted by Gasteiger charge is 2.33. The summed E-state index contributed by atoms with van der Waals surface area (Å²) in [5.41, 5.74) is 4.64. The number of amides is 2. The largest absolute Gasteiger partial charge is 0.392 e. The zero-order valence-corrected chi connectivity index (χ0v) is 21.7. The van der Waals surface area contributed by atoms with E-state index in [1.165, 1.54) is 19.3 Å². The summed E-state index contributed by atoms with van der Waals surface area (Å²) >= 11 is 0. The SMILES string of the molecule is O=C(NCc1ccccc1)Nc1ccc([C@@H]2O[C@H](CN3CCCCC3)C[C@H](c3ccc(CO)cc3)O2)cc1. The van der Waals surface area contributed by atoms with Crippen molar-refractivity contribution in [2.45, 2.75) is 57.3 Å². The monoisotopic (exact) mass is 515 g/mol. The van der Waals surface area contributed by atoms with Crippen molar-refractivity contribution in [2.75, 3.05) is 25.0 Å². The van der Waals surface area contributed by atoms with Crippen molar-refractivity contribution >= 4 is 11.7 Å². The number of carbonyl (C=O) groups is 1. The lowest BCUT2D eigenvalue weighted by atomic mass is 9.99. The number of nitrogens with zero attached hydrogens (tertiary/aromatic N) is 1. The Balaban J connectivity index is 1.24. The second-order valence-corrected chi connectivity index (χ2v) is 10.1. The number of hydrogen-bond donors (Lipinski definition) is 3. The van der Waals surface area contributed by atoms with Gasteiger partial charge in [0, 0.05) is 30.8 Å². The molecular weight excluding hydrogens is 478 g/mol. The molecule has 5 rings (SSSR count). The fraction of sp³-hybridized carbons (Fsp3) is 0.387. The topological polar surface area (TPSA) is 83.1 Å². The van der Waals surface area contributed by atoms with E-state index in [-0.39, 0.29) is 24.8 Å². The van der Waals surface area contributed by atoms with E-state index in [4.69, 9.17) is 9.47 Å². The van der Waals surface area contributed by atoms with Crippen molar-refractivity contribution in [1.82, 2.24) is 10.2 Å². The maximum atomic E-state index is 12.4. The van der Waals surface area contributed by atoms with E-state index in [1.54, 1.807) is 0 Å². The van der Waals surface area contributed by atoms with Crippen LogP contribution in [0.5, 0.6) is 0 Å². The second kappa shape index (κ2) is 13.0. The van der Waals surface area contributed by atoms with Crippen LogP contribution in [-0.2, 0) is 22.6 Å². The number of anilines is 1. The van der Waals surface area contributed by atoms with E-state index in [0.717, 1.165) is 48.3 Å². The van der Waals surface area contributed by atoms with Gasteiger partial charge in [0.05, 0.1) is 18.8 Å². The highest BCUT2D eigenvalue weighted by atomic mass is 16.7. The molecule has 2 aliphatic heterocycles. The summed E-state index contributed by atoms with van der Waals surface area (Å²) in [7, 11) is 0. The number of aliphatic hydroxyl groups excluding tert-OH is 1. The molecule has 3 N–H and O–H groups in total.